The van der Waals surface area contributed by atoms with E-state index in [1.54, 1.807) is 24.3 Å². The van der Waals surface area contributed by atoms with E-state index in [4.69, 9.17) is 0 Å². The van der Waals surface area contributed by atoms with Crippen molar-refractivity contribution in [3.8, 4) is 0 Å². The maximum Gasteiger partial charge on any atom is 0.328 e. The molecule has 6 nitrogen and oxygen atoms in total. The summed E-state index contributed by atoms with van der Waals surface area (Å²) >= 11 is 0. The van der Waals surface area contributed by atoms with E-state index in [9.17, 15) is 19.2 Å². The third kappa shape index (κ3) is 3.68. The number of imide groups is 2. The van der Waals surface area contributed by atoms with Crippen molar-refractivity contribution in [2.75, 3.05) is 0 Å². The van der Waals surface area contributed by atoms with Crippen LogP contribution in [0.1, 0.15) is 44.1 Å². The van der Waals surface area contributed by atoms with Crippen LogP contribution in [0.4, 0.5) is 4.79 Å². The Kier molecular flexibility index (Phi) is 5.85. The van der Waals surface area contributed by atoms with Crippen LogP contribution in [0.25, 0.3) is 0 Å². The molecule has 0 radical (unpaired) electrons. The van der Waals surface area contributed by atoms with Gasteiger partial charge in [-0.15, -0.1) is 6.58 Å². The van der Waals surface area contributed by atoms with Gasteiger partial charge in [-0.2, -0.15) is 0 Å². The minimum absolute atomic E-state index is 0.0247. The number of amides is 4. The summed E-state index contributed by atoms with van der Waals surface area (Å²) in [5, 5.41) is 4.34. The highest BCUT2D eigenvalue weighted by atomic mass is 16.2. The van der Waals surface area contributed by atoms with E-state index in [1.807, 2.05) is 13.0 Å². The van der Waals surface area contributed by atoms with Gasteiger partial charge in [0.25, 0.3) is 0 Å². The molecule has 25 heavy (non-hydrogen) atoms. The van der Waals surface area contributed by atoms with Crippen LogP contribution in [-0.2, 0) is 14.4 Å². The molecule has 1 aromatic carbocycles. The zero-order valence-corrected chi connectivity index (χ0v) is 14.2. The quantitative estimate of drug-likeness (QED) is 0.561. The molecular weight excluding hydrogens is 320 g/mol. The van der Waals surface area contributed by atoms with Gasteiger partial charge < -0.3 is 0 Å². The van der Waals surface area contributed by atoms with Crippen LogP contribution in [0.3, 0.4) is 0 Å². The van der Waals surface area contributed by atoms with Crippen molar-refractivity contribution in [3.05, 3.63) is 48.6 Å². The van der Waals surface area contributed by atoms with Gasteiger partial charge in [-0.1, -0.05) is 43.3 Å². The topological polar surface area (TPSA) is 92.3 Å². The normalized spacial score (nSPS) is 17.4. The Bertz CT molecular complexity index is 677. The van der Waals surface area contributed by atoms with Gasteiger partial charge in [0.15, 0.2) is 0 Å². The molecule has 0 saturated carbocycles. The lowest BCUT2D eigenvalue weighted by Gasteiger charge is -2.39. The van der Waals surface area contributed by atoms with Crippen LogP contribution in [-0.4, -0.2) is 23.6 Å². The zero-order chi connectivity index (χ0) is 18.4. The zero-order valence-electron chi connectivity index (χ0n) is 14.2. The van der Waals surface area contributed by atoms with Gasteiger partial charge >= 0.3 is 6.03 Å². The van der Waals surface area contributed by atoms with Crippen LogP contribution in [0.5, 0.6) is 0 Å². The number of urea groups is 1. The number of hydrogen-bond donors (Lipinski definition) is 2. The monoisotopic (exact) mass is 342 g/mol. The van der Waals surface area contributed by atoms with Gasteiger partial charge in [0.1, 0.15) is 11.2 Å². The Balaban J connectivity index is 2.55. The molecule has 0 spiro atoms. The SMILES string of the molecule is C=CCC1([C@@H](CC(=O)CCC)c2ccccc2)C(=O)NC(=O)NC1=O. The largest absolute Gasteiger partial charge is 0.328 e. The third-order valence-electron chi connectivity index (χ3n) is 4.49. The summed E-state index contributed by atoms with van der Waals surface area (Å²) in [4.78, 5) is 49.3. The van der Waals surface area contributed by atoms with Crippen molar-refractivity contribution >= 4 is 23.6 Å². The molecule has 0 aromatic heterocycles. The van der Waals surface area contributed by atoms with E-state index in [0.717, 1.165) is 0 Å². The molecule has 4 amide bonds. The second kappa shape index (κ2) is 7.88. The van der Waals surface area contributed by atoms with Gasteiger partial charge in [0, 0.05) is 18.8 Å². The predicted molar refractivity (Wildman–Crippen MR) is 92.6 cm³/mol. The summed E-state index contributed by atoms with van der Waals surface area (Å²) in [6.07, 6.45) is 2.59. The molecule has 1 aromatic rings. The highest BCUT2D eigenvalue weighted by molar-refractivity contribution is 6.20. The summed E-state index contributed by atoms with van der Waals surface area (Å²) in [5.41, 5.74) is -0.881. The lowest BCUT2D eigenvalue weighted by atomic mass is 9.65. The molecule has 0 bridgehead atoms. The molecule has 0 unspecified atom stereocenters. The van der Waals surface area contributed by atoms with Crippen LogP contribution >= 0.6 is 0 Å². The molecule has 2 rings (SSSR count). The average molecular weight is 342 g/mol. The van der Waals surface area contributed by atoms with Gasteiger partial charge in [-0.3, -0.25) is 25.0 Å². The Labute approximate surface area is 146 Å². The molecule has 1 atom stereocenters. The van der Waals surface area contributed by atoms with Crippen LogP contribution in [0.2, 0.25) is 0 Å². The molecule has 0 aliphatic carbocycles. The smallest absolute Gasteiger partial charge is 0.300 e. The molecule has 1 aliphatic rings. The van der Waals surface area contributed by atoms with E-state index in [2.05, 4.69) is 17.2 Å². The lowest BCUT2D eigenvalue weighted by molar-refractivity contribution is -0.146. The molecule has 1 fully saturated rings. The van der Waals surface area contributed by atoms with Gasteiger partial charge in [0.05, 0.1) is 0 Å². The van der Waals surface area contributed by atoms with Gasteiger partial charge in [-0.25, -0.2) is 4.79 Å². The maximum absolute atomic E-state index is 12.7. The molecule has 2 N–H and O–H groups in total. The highest BCUT2D eigenvalue weighted by Gasteiger charge is 2.55. The van der Waals surface area contributed by atoms with Crippen LogP contribution in [0.15, 0.2) is 43.0 Å². The molecule has 6 heteroatoms. The van der Waals surface area contributed by atoms with E-state index in [1.165, 1.54) is 6.08 Å². The number of hydrogen-bond acceptors (Lipinski definition) is 4. The fourth-order valence-electron chi connectivity index (χ4n) is 3.31. The second-order valence-corrected chi connectivity index (χ2v) is 6.16. The van der Waals surface area contributed by atoms with E-state index in [0.29, 0.717) is 18.4 Å². The van der Waals surface area contributed by atoms with Crippen molar-refractivity contribution in [3.63, 3.8) is 0 Å². The van der Waals surface area contributed by atoms with Gasteiger partial charge in [0.2, 0.25) is 11.8 Å². The first-order chi connectivity index (χ1) is 12.0. The maximum atomic E-state index is 12.7. The molecule has 1 saturated heterocycles. The summed E-state index contributed by atoms with van der Waals surface area (Å²) in [7, 11) is 0. The van der Waals surface area contributed by atoms with Crippen molar-refractivity contribution in [1.29, 1.82) is 0 Å². The fraction of sp³-hybridized carbons (Fsp3) is 0.368. The van der Waals surface area contributed by atoms with Crippen molar-refractivity contribution in [2.45, 2.75) is 38.5 Å². The summed E-state index contributed by atoms with van der Waals surface area (Å²) < 4.78 is 0. The number of carbonyl (C=O) groups is 4. The minimum Gasteiger partial charge on any atom is -0.300 e. The van der Waals surface area contributed by atoms with Crippen molar-refractivity contribution in [1.82, 2.24) is 10.6 Å². The van der Waals surface area contributed by atoms with E-state index < -0.39 is 29.2 Å². The fourth-order valence-corrected chi connectivity index (χ4v) is 3.31. The predicted octanol–water partition coefficient (Wildman–Crippen LogP) is 2.46. The molecule has 1 aliphatic heterocycles. The van der Waals surface area contributed by atoms with Crippen LogP contribution < -0.4 is 10.6 Å². The first kappa shape index (κ1) is 18.6. The van der Waals surface area contributed by atoms with E-state index >= 15 is 0 Å². The standard InChI is InChI=1S/C19H22N2O4/c1-3-8-14(22)12-15(13-9-6-5-7-10-13)19(11-4-2)16(23)20-18(25)21-17(19)24/h4-7,9-10,15H,2-3,8,11-12H2,1H3,(H2,20,21,23,24,25)/t15-/m0/s1. The minimum atomic E-state index is -1.58. The Morgan fingerprint density at radius 3 is 2.28 bits per heavy atom. The Morgan fingerprint density at radius 2 is 1.76 bits per heavy atom. The lowest BCUT2D eigenvalue weighted by Crippen LogP contribution is -2.64. The Hall–Kier alpha value is -2.76. The highest BCUT2D eigenvalue weighted by Crippen LogP contribution is 2.44. The number of carbonyl (C=O) groups excluding carboxylic acids is 4. The number of allylic oxidation sites excluding steroid dienone is 1. The summed E-state index contributed by atoms with van der Waals surface area (Å²) in [5.74, 6) is -2.10. The number of ketones is 1. The third-order valence-corrected chi connectivity index (χ3v) is 4.49. The summed E-state index contributed by atoms with van der Waals surface area (Å²) in [6.45, 7) is 5.55. The first-order valence-corrected chi connectivity index (χ1v) is 8.30. The molecule has 1 heterocycles. The number of barbiturate groups is 1. The number of nitrogens with one attached hydrogen (secondary N) is 2. The molecular formula is C19H22N2O4. The average Bonchev–Trinajstić information content (AvgIpc) is 2.57. The molecule has 132 valence electrons. The second-order valence-electron chi connectivity index (χ2n) is 6.16. The van der Waals surface area contributed by atoms with Crippen molar-refractivity contribution < 1.29 is 19.2 Å². The van der Waals surface area contributed by atoms with E-state index in [-0.39, 0.29) is 18.6 Å². The number of benzene rings is 1. The van der Waals surface area contributed by atoms with Gasteiger partial charge in [-0.05, 0) is 18.4 Å². The first-order valence-electron chi connectivity index (χ1n) is 8.30. The Morgan fingerprint density at radius 1 is 1.16 bits per heavy atom. The number of rotatable bonds is 8. The van der Waals surface area contributed by atoms with Crippen molar-refractivity contribution in [2.24, 2.45) is 5.41 Å². The number of Topliss-reactive ketones (excluding diaryl/α,β-unsaturated/α-hetero) is 1. The summed E-state index contributed by atoms with van der Waals surface area (Å²) in [6, 6.07) is 8.12. The van der Waals surface area contributed by atoms with Crippen LogP contribution in [0, 0.1) is 5.41 Å².